The van der Waals surface area contributed by atoms with Crippen LogP contribution in [0.2, 0.25) is 5.02 Å². The van der Waals surface area contributed by atoms with Gasteiger partial charge in [0.25, 0.3) is 0 Å². The molecule has 0 unspecified atom stereocenters. The molecule has 0 aliphatic heterocycles. The van der Waals surface area contributed by atoms with Gasteiger partial charge in [-0.05, 0) is 18.2 Å². The fraction of sp³-hybridized carbons (Fsp3) is 0.125. The van der Waals surface area contributed by atoms with Crippen LogP contribution in [0.4, 0.5) is 5.69 Å². The number of hydrogen-bond acceptors (Lipinski definition) is 3. The Bertz CT molecular complexity index is 309. The van der Waals surface area contributed by atoms with Gasteiger partial charge in [-0.15, -0.1) is 0 Å². The van der Waals surface area contributed by atoms with E-state index >= 15 is 0 Å². The Morgan fingerprint density at radius 1 is 1.50 bits per heavy atom. The van der Waals surface area contributed by atoms with E-state index in [1.165, 1.54) is 0 Å². The summed E-state index contributed by atoms with van der Waals surface area (Å²) in [6.07, 6.45) is 0. The molecule has 5 N–H and O–H groups in total. The number of anilines is 1. The number of nitrogen functional groups attached to an aromatic ring is 1. The van der Waals surface area contributed by atoms with Crippen LogP contribution in [0.15, 0.2) is 18.2 Å². The van der Waals surface area contributed by atoms with Gasteiger partial charge in [-0.3, -0.25) is 0 Å². The molecule has 0 saturated carbocycles. The van der Waals surface area contributed by atoms with Crippen molar-refractivity contribution in [2.75, 3.05) is 12.3 Å². The van der Waals surface area contributed by atoms with Crippen LogP contribution in [0.25, 0.3) is 0 Å². The zero-order chi connectivity index (χ0) is 9.14. The number of rotatable bonds is 2. The molecule has 0 spiro atoms. The number of nitrogens with two attached hydrogens (primary N) is 2. The predicted molar refractivity (Wildman–Crippen MR) is 51.7 cm³/mol. The Kier molecular flexibility index (Phi) is 2.68. The van der Waals surface area contributed by atoms with Crippen molar-refractivity contribution < 1.29 is 0 Å². The second-order valence-corrected chi connectivity index (χ2v) is 2.85. The third-order valence-corrected chi connectivity index (χ3v) is 1.78. The maximum atomic E-state index is 7.45. The molecule has 0 radical (unpaired) electrons. The predicted octanol–water partition coefficient (Wildman–Crippen LogP) is 1.25. The Morgan fingerprint density at radius 3 is 2.75 bits per heavy atom. The van der Waals surface area contributed by atoms with Gasteiger partial charge in [-0.1, -0.05) is 11.6 Å². The van der Waals surface area contributed by atoms with E-state index in [1.807, 2.05) is 0 Å². The van der Waals surface area contributed by atoms with Crippen LogP contribution in [0.1, 0.15) is 5.56 Å². The standard InChI is InChI=1S/C8H10ClN3/c9-5-1-2-7(11)6(3-5)8(12)4-10/h1-3,12H,4,10-11H2. The molecule has 0 bridgehead atoms. The molecule has 1 aromatic carbocycles. The van der Waals surface area contributed by atoms with Crippen LogP contribution >= 0.6 is 11.6 Å². The summed E-state index contributed by atoms with van der Waals surface area (Å²) >= 11 is 5.72. The Morgan fingerprint density at radius 2 is 2.17 bits per heavy atom. The average Bonchev–Trinajstić information content (AvgIpc) is 2.08. The molecular weight excluding hydrogens is 174 g/mol. The van der Waals surface area contributed by atoms with Crippen molar-refractivity contribution in [2.45, 2.75) is 0 Å². The van der Waals surface area contributed by atoms with Crippen LogP contribution in [0.5, 0.6) is 0 Å². The summed E-state index contributed by atoms with van der Waals surface area (Å²) in [4.78, 5) is 0. The Labute approximate surface area is 75.8 Å². The third kappa shape index (κ3) is 1.75. The highest BCUT2D eigenvalue weighted by Crippen LogP contribution is 2.17. The lowest BCUT2D eigenvalue weighted by atomic mass is 10.1. The maximum absolute atomic E-state index is 7.45. The molecule has 4 heteroatoms. The highest BCUT2D eigenvalue weighted by atomic mass is 35.5. The highest BCUT2D eigenvalue weighted by molar-refractivity contribution is 6.31. The van der Waals surface area contributed by atoms with Gasteiger partial charge in [0.2, 0.25) is 0 Å². The van der Waals surface area contributed by atoms with Crippen LogP contribution in [-0.2, 0) is 0 Å². The van der Waals surface area contributed by atoms with E-state index < -0.39 is 0 Å². The monoisotopic (exact) mass is 183 g/mol. The summed E-state index contributed by atoms with van der Waals surface area (Å²) < 4.78 is 0. The minimum Gasteiger partial charge on any atom is -0.398 e. The summed E-state index contributed by atoms with van der Waals surface area (Å²) in [5.41, 5.74) is 12.4. The quantitative estimate of drug-likeness (QED) is 0.477. The van der Waals surface area contributed by atoms with E-state index in [0.29, 0.717) is 22.0 Å². The highest BCUT2D eigenvalue weighted by Gasteiger charge is 2.03. The van der Waals surface area contributed by atoms with Crippen molar-refractivity contribution in [3.05, 3.63) is 28.8 Å². The molecule has 1 rings (SSSR count). The van der Waals surface area contributed by atoms with Gasteiger partial charge in [-0.2, -0.15) is 0 Å². The SMILES string of the molecule is N=C(CN)c1cc(Cl)ccc1N. The van der Waals surface area contributed by atoms with Gasteiger partial charge >= 0.3 is 0 Å². The zero-order valence-electron chi connectivity index (χ0n) is 6.47. The van der Waals surface area contributed by atoms with Crippen LogP contribution in [0.3, 0.4) is 0 Å². The van der Waals surface area contributed by atoms with Crippen molar-refractivity contribution in [1.29, 1.82) is 5.41 Å². The topological polar surface area (TPSA) is 75.9 Å². The second kappa shape index (κ2) is 3.56. The number of nitrogens with one attached hydrogen (secondary N) is 1. The van der Waals surface area contributed by atoms with Crippen molar-refractivity contribution in [3.63, 3.8) is 0 Å². The van der Waals surface area contributed by atoms with Gasteiger partial charge in [-0.25, -0.2) is 0 Å². The molecule has 0 fully saturated rings. The molecule has 0 aromatic heterocycles. The first-order chi connectivity index (χ1) is 5.65. The summed E-state index contributed by atoms with van der Waals surface area (Å²) in [7, 11) is 0. The minimum absolute atomic E-state index is 0.171. The van der Waals surface area contributed by atoms with Crippen molar-refractivity contribution in [1.82, 2.24) is 0 Å². The molecule has 0 amide bonds. The van der Waals surface area contributed by atoms with Crippen LogP contribution in [-0.4, -0.2) is 12.3 Å². The second-order valence-electron chi connectivity index (χ2n) is 2.41. The van der Waals surface area contributed by atoms with E-state index in [9.17, 15) is 0 Å². The first-order valence-electron chi connectivity index (χ1n) is 3.48. The van der Waals surface area contributed by atoms with E-state index in [2.05, 4.69) is 0 Å². The first kappa shape index (κ1) is 9.03. The van der Waals surface area contributed by atoms with E-state index in [0.717, 1.165) is 0 Å². The molecule has 3 nitrogen and oxygen atoms in total. The lowest BCUT2D eigenvalue weighted by Crippen LogP contribution is -2.15. The number of hydrogen-bond donors (Lipinski definition) is 3. The van der Waals surface area contributed by atoms with Crippen LogP contribution < -0.4 is 11.5 Å². The van der Waals surface area contributed by atoms with Crippen molar-refractivity contribution >= 4 is 23.0 Å². The normalized spacial score (nSPS) is 9.83. The molecule has 64 valence electrons. The fourth-order valence-electron chi connectivity index (χ4n) is 0.900. The van der Waals surface area contributed by atoms with Gasteiger partial charge in [0.1, 0.15) is 0 Å². The molecule has 0 saturated heterocycles. The van der Waals surface area contributed by atoms with Gasteiger partial charge in [0.05, 0.1) is 5.71 Å². The first-order valence-corrected chi connectivity index (χ1v) is 3.86. The van der Waals surface area contributed by atoms with E-state index in [4.69, 9.17) is 28.5 Å². The van der Waals surface area contributed by atoms with Gasteiger partial charge in [0.15, 0.2) is 0 Å². The largest absolute Gasteiger partial charge is 0.398 e. The number of benzene rings is 1. The average molecular weight is 184 g/mol. The molecule has 0 heterocycles. The molecule has 0 atom stereocenters. The molecule has 12 heavy (non-hydrogen) atoms. The van der Waals surface area contributed by atoms with Crippen molar-refractivity contribution in [3.8, 4) is 0 Å². The lowest BCUT2D eigenvalue weighted by molar-refractivity contribution is 1.26. The summed E-state index contributed by atoms with van der Waals surface area (Å²) in [6.45, 7) is 0.171. The third-order valence-electron chi connectivity index (χ3n) is 1.54. The smallest absolute Gasteiger partial charge is 0.0543 e. The summed E-state index contributed by atoms with van der Waals surface area (Å²) in [5, 5.41) is 8.02. The molecule has 0 aliphatic carbocycles. The van der Waals surface area contributed by atoms with Crippen molar-refractivity contribution in [2.24, 2.45) is 5.73 Å². The lowest BCUT2D eigenvalue weighted by Gasteiger charge is -2.05. The van der Waals surface area contributed by atoms with Crippen LogP contribution in [0, 0.1) is 5.41 Å². The Balaban J connectivity index is 3.13. The van der Waals surface area contributed by atoms with Gasteiger partial charge in [0, 0.05) is 22.8 Å². The molecule has 0 aliphatic rings. The van der Waals surface area contributed by atoms with E-state index in [1.54, 1.807) is 18.2 Å². The summed E-state index contributed by atoms with van der Waals surface area (Å²) in [5.74, 6) is 0. The zero-order valence-corrected chi connectivity index (χ0v) is 7.23. The van der Waals surface area contributed by atoms with Gasteiger partial charge < -0.3 is 16.9 Å². The fourth-order valence-corrected chi connectivity index (χ4v) is 1.07. The molecular formula is C8H10ClN3. The minimum atomic E-state index is 0.171. The molecule has 1 aromatic rings. The maximum Gasteiger partial charge on any atom is 0.0543 e. The summed E-state index contributed by atoms with van der Waals surface area (Å²) in [6, 6.07) is 5.00. The van der Waals surface area contributed by atoms with E-state index in [-0.39, 0.29) is 6.54 Å². The Hall–Kier alpha value is -1.06. The number of halogens is 1.